The molecule has 7 nitrogen and oxygen atoms in total. The zero-order valence-electron chi connectivity index (χ0n) is 18.9. The minimum absolute atomic E-state index is 0.0932. The van der Waals surface area contributed by atoms with Crippen LogP contribution in [0.5, 0.6) is 0 Å². The summed E-state index contributed by atoms with van der Waals surface area (Å²) in [4.78, 5) is 17.6. The molecule has 5 rings (SSSR count). The number of hydrogen-bond acceptors (Lipinski definition) is 4. The highest BCUT2D eigenvalue weighted by molar-refractivity contribution is 5.92. The van der Waals surface area contributed by atoms with Gasteiger partial charge in [0.15, 0.2) is 5.65 Å². The molecule has 166 valence electrons. The number of hydrogen-bond donors (Lipinski definition) is 2. The van der Waals surface area contributed by atoms with E-state index in [1.54, 1.807) is 13.4 Å². The summed E-state index contributed by atoms with van der Waals surface area (Å²) in [6.45, 7) is 6.93. The monoisotopic (exact) mass is 430 g/mol. The van der Waals surface area contributed by atoms with Crippen molar-refractivity contribution in [1.29, 1.82) is 0 Å². The van der Waals surface area contributed by atoms with Crippen LogP contribution in [0, 0.1) is 0 Å². The predicted molar refractivity (Wildman–Crippen MR) is 127 cm³/mol. The van der Waals surface area contributed by atoms with E-state index < -0.39 is 0 Å². The molecule has 4 heterocycles. The van der Waals surface area contributed by atoms with E-state index in [0.717, 1.165) is 42.8 Å². The number of rotatable bonds is 5. The van der Waals surface area contributed by atoms with Crippen LogP contribution in [-0.2, 0) is 4.79 Å². The van der Waals surface area contributed by atoms with Crippen molar-refractivity contribution in [2.24, 2.45) is 0 Å². The Balaban J connectivity index is 1.46. The average molecular weight is 431 g/mol. The molecule has 0 unspecified atom stereocenters. The van der Waals surface area contributed by atoms with Gasteiger partial charge < -0.3 is 10.3 Å². The van der Waals surface area contributed by atoms with E-state index in [1.807, 2.05) is 10.6 Å². The van der Waals surface area contributed by atoms with Crippen molar-refractivity contribution in [3.63, 3.8) is 0 Å². The van der Waals surface area contributed by atoms with Gasteiger partial charge >= 0.3 is 0 Å². The number of nitrogens with one attached hydrogen (secondary N) is 2. The fraction of sp³-hybridized carbons (Fsp3) is 0.400. The standard InChI is InChI=1S/C25H30N6O/c1-16(2)24-20-12-18(17-6-9-30(10-7-17)14-23(32)26-3)4-5-21(20)28-25(24)19-8-11-31-15-27-29-22(31)13-19/h4-5,8,11-13,15-17,28H,6-7,9-10,14H2,1-3H3,(H,26,32). The Kier molecular flexibility index (Phi) is 5.43. The van der Waals surface area contributed by atoms with Gasteiger partial charge in [-0.15, -0.1) is 10.2 Å². The van der Waals surface area contributed by atoms with Gasteiger partial charge in [-0.2, -0.15) is 0 Å². The number of nitrogens with zero attached hydrogens (tertiary/aromatic N) is 4. The van der Waals surface area contributed by atoms with E-state index >= 15 is 0 Å². The van der Waals surface area contributed by atoms with E-state index in [4.69, 9.17) is 0 Å². The van der Waals surface area contributed by atoms with E-state index in [9.17, 15) is 4.79 Å². The first-order valence-corrected chi connectivity index (χ1v) is 11.4. The molecular formula is C25H30N6O. The highest BCUT2D eigenvalue weighted by Crippen LogP contribution is 2.38. The van der Waals surface area contributed by atoms with Crippen molar-refractivity contribution >= 4 is 22.5 Å². The summed E-state index contributed by atoms with van der Waals surface area (Å²) in [5.74, 6) is 1.01. The number of piperidine rings is 1. The Morgan fingerprint density at radius 1 is 1.22 bits per heavy atom. The molecule has 7 heteroatoms. The van der Waals surface area contributed by atoms with E-state index in [0.29, 0.717) is 18.4 Å². The number of H-pyrrole nitrogens is 1. The van der Waals surface area contributed by atoms with Gasteiger partial charge in [-0.05, 0) is 73.2 Å². The van der Waals surface area contributed by atoms with Crippen molar-refractivity contribution in [2.45, 2.75) is 38.5 Å². The van der Waals surface area contributed by atoms with Crippen LogP contribution in [0.1, 0.15) is 49.7 Å². The smallest absolute Gasteiger partial charge is 0.233 e. The van der Waals surface area contributed by atoms with Gasteiger partial charge in [-0.25, -0.2) is 0 Å². The van der Waals surface area contributed by atoms with Crippen LogP contribution < -0.4 is 5.32 Å². The maximum atomic E-state index is 11.7. The number of fused-ring (bicyclic) bond motifs is 2. The second-order valence-corrected chi connectivity index (χ2v) is 9.11. The molecule has 1 aromatic carbocycles. The lowest BCUT2D eigenvalue weighted by Gasteiger charge is -2.31. The summed E-state index contributed by atoms with van der Waals surface area (Å²) in [7, 11) is 1.70. The maximum Gasteiger partial charge on any atom is 0.233 e. The first-order chi connectivity index (χ1) is 15.5. The molecule has 1 aliphatic heterocycles. The Morgan fingerprint density at radius 2 is 2.03 bits per heavy atom. The van der Waals surface area contributed by atoms with Crippen molar-refractivity contribution in [1.82, 2.24) is 29.8 Å². The van der Waals surface area contributed by atoms with Gasteiger partial charge in [0.25, 0.3) is 0 Å². The summed E-state index contributed by atoms with van der Waals surface area (Å²) < 4.78 is 1.93. The minimum Gasteiger partial charge on any atom is -0.358 e. The molecule has 1 aliphatic rings. The second kappa shape index (κ2) is 8.39. The Bertz CT molecular complexity index is 1260. The van der Waals surface area contributed by atoms with Crippen LogP contribution in [0.3, 0.4) is 0 Å². The first kappa shape index (κ1) is 20.7. The molecule has 2 N–H and O–H groups in total. The minimum atomic E-state index is 0.0932. The average Bonchev–Trinajstić information content (AvgIpc) is 3.42. The molecule has 0 aliphatic carbocycles. The molecule has 1 amide bonds. The zero-order chi connectivity index (χ0) is 22.2. The number of aromatic nitrogens is 4. The number of benzene rings is 1. The predicted octanol–water partition coefficient (Wildman–Crippen LogP) is 3.93. The fourth-order valence-corrected chi connectivity index (χ4v) is 4.99. The summed E-state index contributed by atoms with van der Waals surface area (Å²) in [5, 5.41) is 12.2. The summed E-state index contributed by atoms with van der Waals surface area (Å²) in [6, 6.07) is 11.1. The van der Waals surface area contributed by atoms with Crippen LogP contribution >= 0.6 is 0 Å². The number of amides is 1. The van der Waals surface area contributed by atoms with Crippen molar-refractivity contribution in [3.05, 3.63) is 54.0 Å². The lowest BCUT2D eigenvalue weighted by molar-refractivity contribution is -0.122. The molecule has 3 aromatic heterocycles. The number of likely N-dealkylation sites (N-methyl/N-ethyl adjacent to an activating group) is 1. The Morgan fingerprint density at radius 3 is 2.78 bits per heavy atom. The number of carbonyl (C=O) groups is 1. The molecule has 1 fully saturated rings. The number of likely N-dealkylation sites (tertiary alicyclic amines) is 1. The third kappa shape index (κ3) is 3.77. The first-order valence-electron chi connectivity index (χ1n) is 11.4. The highest BCUT2D eigenvalue weighted by Gasteiger charge is 2.23. The lowest BCUT2D eigenvalue weighted by Crippen LogP contribution is -2.40. The van der Waals surface area contributed by atoms with E-state index in [-0.39, 0.29) is 5.91 Å². The molecule has 32 heavy (non-hydrogen) atoms. The van der Waals surface area contributed by atoms with Crippen LogP contribution in [0.15, 0.2) is 42.9 Å². The number of pyridine rings is 1. The van der Waals surface area contributed by atoms with Crippen molar-refractivity contribution in [3.8, 4) is 11.3 Å². The van der Waals surface area contributed by atoms with Crippen LogP contribution in [0.4, 0.5) is 0 Å². The topological polar surface area (TPSA) is 78.3 Å². The highest BCUT2D eigenvalue weighted by atomic mass is 16.1. The molecule has 0 saturated carbocycles. The third-order valence-corrected chi connectivity index (χ3v) is 6.73. The molecule has 1 saturated heterocycles. The number of carbonyl (C=O) groups excluding carboxylic acids is 1. The fourth-order valence-electron chi connectivity index (χ4n) is 4.99. The Labute approximate surface area is 187 Å². The van der Waals surface area contributed by atoms with Gasteiger partial charge in [0.1, 0.15) is 6.33 Å². The van der Waals surface area contributed by atoms with Gasteiger partial charge in [0, 0.05) is 29.7 Å². The Hall–Kier alpha value is -3.19. The summed E-state index contributed by atoms with van der Waals surface area (Å²) >= 11 is 0. The summed E-state index contributed by atoms with van der Waals surface area (Å²) in [5.41, 5.74) is 7.07. The van der Waals surface area contributed by atoms with Crippen LogP contribution in [0.25, 0.3) is 27.8 Å². The zero-order valence-corrected chi connectivity index (χ0v) is 18.9. The van der Waals surface area contributed by atoms with Crippen LogP contribution in [0.2, 0.25) is 0 Å². The second-order valence-electron chi connectivity index (χ2n) is 9.11. The molecular weight excluding hydrogens is 400 g/mol. The molecule has 0 bridgehead atoms. The van der Waals surface area contributed by atoms with Gasteiger partial charge in [-0.1, -0.05) is 19.9 Å². The number of aromatic amines is 1. The van der Waals surface area contributed by atoms with E-state index in [2.05, 4.69) is 69.6 Å². The van der Waals surface area contributed by atoms with Gasteiger partial charge in [-0.3, -0.25) is 14.1 Å². The van der Waals surface area contributed by atoms with Crippen molar-refractivity contribution < 1.29 is 4.79 Å². The largest absolute Gasteiger partial charge is 0.358 e. The lowest BCUT2D eigenvalue weighted by atomic mass is 9.87. The van der Waals surface area contributed by atoms with Crippen molar-refractivity contribution in [2.75, 3.05) is 26.7 Å². The van der Waals surface area contributed by atoms with E-state index in [1.165, 1.54) is 22.0 Å². The molecule has 0 atom stereocenters. The maximum absolute atomic E-state index is 11.7. The quantitative estimate of drug-likeness (QED) is 0.503. The third-order valence-electron chi connectivity index (χ3n) is 6.73. The summed E-state index contributed by atoms with van der Waals surface area (Å²) in [6.07, 6.45) is 5.90. The SMILES string of the molecule is CNC(=O)CN1CCC(c2ccc3[nH]c(-c4ccn5cnnc5c4)c(C(C)C)c3c2)CC1. The molecule has 4 aromatic rings. The van der Waals surface area contributed by atoms with Gasteiger partial charge in [0.2, 0.25) is 5.91 Å². The van der Waals surface area contributed by atoms with Crippen LogP contribution in [-0.4, -0.2) is 57.1 Å². The van der Waals surface area contributed by atoms with Gasteiger partial charge in [0.05, 0.1) is 12.2 Å². The molecule has 0 radical (unpaired) electrons. The normalized spacial score (nSPS) is 15.8. The molecule has 0 spiro atoms.